The molecule has 0 saturated carbocycles. The second kappa shape index (κ2) is 5.79. The van der Waals surface area contributed by atoms with E-state index in [-0.39, 0.29) is 5.56 Å². The number of nitrogens with zero attached hydrogens (tertiary/aromatic N) is 1. The second-order valence-corrected chi connectivity index (χ2v) is 4.76. The molecule has 0 heterocycles. The molecule has 1 nitrogen and oxygen atoms in total. The van der Waals surface area contributed by atoms with Gasteiger partial charge in [0.15, 0.2) is 0 Å². The summed E-state index contributed by atoms with van der Waals surface area (Å²) >= 11 is 4.25. The van der Waals surface area contributed by atoms with Crippen LogP contribution in [0.15, 0.2) is 48.5 Å². The molecule has 2 rings (SSSR count). The zero-order chi connectivity index (χ0) is 14.8. The third-order valence-corrected chi connectivity index (χ3v) is 3.49. The van der Waals surface area contributed by atoms with Crippen LogP contribution in [0.1, 0.15) is 12.5 Å². The minimum Gasteiger partial charge on any atom is -0.318 e. The average Bonchev–Trinajstić information content (AvgIpc) is 2.45. The molecule has 0 unspecified atom stereocenters. The van der Waals surface area contributed by atoms with E-state index in [4.69, 9.17) is 0 Å². The zero-order valence-corrected chi connectivity index (χ0v) is 11.7. The number of alkyl halides is 3. The highest BCUT2D eigenvalue weighted by atomic mass is 32.1. The Bertz CT molecular complexity index is 581. The maximum absolute atomic E-state index is 13.2. The first-order chi connectivity index (χ1) is 9.45. The molecule has 20 heavy (non-hydrogen) atoms. The van der Waals surface area contributed by atoms with E-state index in [9.17, 15) is 13.2 Å². The molecule has 0 aliphatic rings. The highest BCUT2D eigenvalue weighted by Crippen LogP contribution is 2.42. The van der Waals surface area contributed by atoms with E-state index in [1.807, 2.05) is 6.92 Å². The maximum Gasteiger partial charge on any atom is 0.417 e. The second-order valence-electron chi connectivity index (χ2n) is 4.28. The third kappa shape index (κ3) is 2.93. The number of halogens is 3. The standard InChI is InChI=1S/C15H14F3NS/c1-2-19(20)13-10-6-9-12(15(16,17)18)14(13)11-7-4-3-5-8-11/h3-10,20H,2H2,1H3. The molecule has 0 spiro atoms. The van der Waals surface area contributed by atoms with Crippen LogP contribution in [0.25, 0.3) is 11.1 Å². The number of anilines is 1. The number of hydrogen-bond donors (Lipinski definition) is 1. The maximum atomic E-state index is 13.2. The quantitative estimate of drug-likeness (QED) is 0.776. The first-order valence-corrected chi connectivity index (χ1v) is 6.57. The highest BCUT2D eigenvalue weighted by molar-refractivity contribution is 7.81. The fourth-order valence-corrected chi connectivity index (χ4v) is 2.24. The van der Waals surface area contributed by atoms with E-state index >= 15 is 0 Å². The van der Waals surface area contributed by atoms with E-state index in [1.54, 1.807) is 36.4 Å². The molecular formula is C15H14F3NS. The van der Waals surface area contributed by atoms with Crippen molar-refractivity contribution in [3.63, 3.8) is 0 Å². The summed E-state index contributed by atoms with van der Waals surface area (Å²) in [5.74, 6) is 0. The molecule has 2 aromatic carbocycles. The van der Waals surface area contributed by atoms with Gasteiger partial charge in [0.1, 0.15) is 0 Å². The molecule has 0 N–H and O–H groups in total. The van der Waals surface area contributed by atoms with Crippen LogP contribution in [-0.4, -0.2) is 6.54 Å². The Morgan fingerprint density at radius 3 is 2.20 bits per heavy atom. The van der Waals surface area contributed by atoms with Crippen LogP contribution < -0.4 is 4.31 Å². The Morgan fingerprint density at radius 2 is 1.65 bits per heavy atom. The SMILES string of the molecule is CCN(S)c1cccc(C(F)(F)F)c1-c1ccccc1. The molecule has 0 bridgehead atoms. The third-order valence-electron chi connectivity index (χ3n) is 2.99. The molecule has 0 aliphatic carbocycles. The molecule has 0 amide bonds. The Balaban J connectivity index is 2.72. The zero-order valence-electron chi connectivity index (χ0n) is 10.9. The van der Waals surface area contributed by atoms with Crippen molar-refractivity contribution >= 4 is 18.5 Å². The fourth-order valence-electron chi connectivity index (χ4n) is 2.07. The van der Waals surface area contributed by atoms with Crippen LogP contribution in [0.5, 0.6) is 0 Å². The fraction of sp³-hybridized carbons (Fsp3) is 0.200. The van der Waals surface area contributed by atoms with Gasteiger partial charge in [-0.3, -0.25) is 0 Å². The number of hydrogen-bond acceptors (Lipinski definition) is 2. The average molecular weight is 297 g/mol. The van der Waals surface area contributed by atoms with Crippen molar-refractivity contribution in [2.45, 2.75) is 13.1 Å². The summed E-state index contributed by atoms with van der Waals surface area (Å²) in [6, 6.07) is 12.7. The number of rotatable bonds is 3. The lowest BCUT2D eigenvalue weighted by Crippen LogP contribution is -2.14. The van der Waals surface area contributed by atoms with E-state index in [0.29, 0.717) is 17.8 Å². The lowest BCUT2D eigenvalue weighted by Gasteiger charge is -2.23. The largest absolute Gasteiger partial charge is 0.417 e. The van der Waals surface area contributed by atoms with Crippen molar-refractivity contribution < 1.29 is 13.2 Å². The van der Waals surface area contributed by atoms with Gasteiger partial charge in [-0.2, -0.15) is 13.2 Å². The Morgan fingerprint density at radius 1 is 1.00 bits per heavy atom. The predicted octanol–water partition coefficient (Wildman–Crippen LogP) is 5.04. The first-order valence-electron chi connectivity index (χ1n) is 6.17. The van der Waals surface area contributed by atoms with Gasteiger partial charge >= 0.3 is 6.18 Å². The summed E-state index contributed by atoms with van der Waals surface area (Å²) in [4.78, 5) is 0. The molecule has 0 aromatic heterocycles. The van der Waals surface area contributed by atoms with Gasteiger partial charge in [-0.1, -0.05) is 49.2 Å². The lowest BCUT2D eigenvalue weighted by molar-refractivity contribution is -0.137. The molecule has 0 radical (unpaired) electrons. The van der Waals surface area contributed by atoms with Gasteiger partial charge < -0.3 is 4.31 Å². The molecule has 0 fully saturated rings. The highest BCUT2D eigenvalue weighted by Gasteiger charge is 2.35. The summed E-state index contributed by atoms with van der Waals surface area (Å²) < 4.78 is 41.2. The van der Waals surface area contributed by atoms with Crippen LogP contribution >= 0.6 is 12.8 Å². The summed E-state index contributed by atoms with van der Waals surface area (Å²) in [5.41, 5.74) is 0.505. The summed E-state index contributed by atoms with van der Waals surface area (Å²) in [5, 5.41) is 0. The molecule has 5 heteroatoms. The van der Waals surface area contributed by atoms with Crippen molar-refractivity contribution in [1.29, 1.82) is 0 Å². The van der Waals surface area contributed by atoms with Crippen molar-refractivity contribution in [2.24, 2.45) is 0 Å². The van der Waals surface area contributed by atoms with Gasteiger partial charge in [0, 0.05) is 12.1 Å². The Kier molecular flexibility index (Phi) is 4.28. The van der Waals surface area contributed by atoms with Gasteiger partial charge in [0.25, 0.3) is 0 Å². The summed E-state index contributed by atoms with van der Waals surface area (Å²) in [6.07, 6.45) is -4.40. The normalized spacial score (nSPS) is 11.4. The Hall–Kier alpha value is -1.62. The van der Waals surface area contributed by atoms with E-state index in [0.717, 1.165) is 6.07 Å². The van der Waals surface area contributed by atoms with Crippen LogP contribution in [-0.2, 0) is 6.18 Å². The number of benzene rings is 2. The minimum absolute atomic E-state index is 0.164. The van der Waals surface area contributed by atoms with Crippen molar-refractivity contribution in [3.05, 3.63) is 54.1 Å². The molecule has 2 aromatic rings. The van der Waals surface area contributed by atoms with Gasteiger partial charge in [0.2, 0.25) is 0 Å². The van der Waals surface area contributed by atoms with Gasteiger partial charge in [-0.05, 0) is 24.6 Å². The monoisotopic (exact) mass is 297 g/mol. The summed E-state index contributed by atoms with van der Waals surface area (Å²) in [7, 11) is 0. The van der Waals surface area contributed by atoms with Crippen molar-refractivity contribution in [3.8, 4) is 11.1 Å². The van der Waals surface area contributed by atoms with Crippen molar-refractivity contribution in [1.82, 2.24) is 0 Å². The van der Waals surface area contributed by atoms with Crippen LogP contribution in [0.2, 0.25) is 0 Å². The number of thiol groups is 1. The van der Waals surface area contributed by atoms with Gasteiger partial charge in [0.05, 0.1) is 11.3 Å². The van der Waals surface area contributed by atoms with Gasteiger partial charge in [-0.15, -0.1) is 0 Å². The lowest BCUT2D eigenvalue weighted by atomic mass is 9.97. The summed E-state index contributed by atoms with van der Waals surface area (Å²) in [6.45, 7) is 2.34. The van der Waals surface area contributed by atoms with Crippen molar-refractivity contribution in [2.75, 3.05) is 10.8 Å². The predicted molar refractivity (Wildman–Crippen MR) is 78.9 cm³/mol. The van der Waals surface area contributed by atoms with E-state index in [2.05, 4.69) is 12.8 Å². The Labute approximate surface area is 121 Å². The molecule has 0 atom stereocenters. The van der Waals surface area contributed by atoms with E-state index < -0.39 is 11.7 Å². The molecular weight excluding hydrogens is 283 g/mol. The van der Waals surface area contributed by atoms with Crippen LogP contribution in [0.4, 0.5) is 18.9 Å². The smallest absolute Gasteiger partial charge is 0.318 e. The van der Waals surface area contributed by atoms with E-state index in [1.165, 1.54) is 10.4 Å². The molecule has 106 valence electrons. The first kappa shape index (κ1) is 14.8. The minimum atomic E-state index is -4.40. The topological polar surface area (TPSA) is 3.24 Å². The van der Waals surface area contributed by atoms with Crippen LogP contribution in [0.3, 0.4) is 0 Å². The van der Waals surface area contributed by atoms with Crippen LogP contribution in [0, 0.1) is 0 Å². The molecule has 0 saturated heterocycles. The molecule has 0 aliphatic heterocycles. The van der Waals surface area contributed by atoms with Gasteiger partial charge in [-0.25, -0.2) is 0 Å².